The Balaban J connectivity index is 1.42. The number of aromatic nitrogens is 2. The first-order chi connectivity index (χ1) is 10.4. The topological polar surface area (TPSA) is 48.2 Å². The lowest BCUT2D eigenvalue weighted by molar-refractivity contribution is 0.0791. The number of benzene rings is 1. The minimum Gasteiger partial charge on any atom is -0.425 e. The van der Waals surface area contributed by atoms with Crippen LogP contribution in [0.15, 0.2) is 34.7 Å². The summed E-state index contributed by atoms with van der Waals surface area (Å²) in [7, 11) is 0. The molecule has 0 spiro atoms. The molecule has 112 valence electrons. The molecular formula is C17H22N2O2. The number of nitrogens with zero attached hydrogens (tertiary/aromatic N) is 2. The van der Waals surface area contributed by atoms with Crippen LogP contribution in [0.1, 0.15) is 48.9 Å². The Morgan fingerprint density at radius 2 is 1.71 bits per heavy atom. The SMILES string of the molecule is c1ccc(CCCCc2nnc(C3CCOCC3)o2)cc1. The minimum atomic E-state index is 0.393. The van der Waals surface area contributed by atoms with E-state index in [2.05, 4.69) is 40.5 Å². The fourth-order valence-electron chi connectivity index (χ4n) is 2.73. The van der Waals surface area contributed by atoms with Gasteiger partial charge in [-0.25, -0.2) is 0 Å². The highest BCUT2D eigenvalue weighted by atomic mass is 16.5. The molecule has 1 aliphatic rings. The number of ether oxygens (including phenoxy) is 1. The first-order valence-corrected chi connectivity index (χ1v) is 7.86. The molecule has 1 aliphatic heterocycles. The lowest BCUT2D eigenvalue weighted by Gasteiger charge is -2.18. The Morgan fingerprint density at radius 1 is 0.952 bits per heavy atom. The molecule has 0 aliphatic carbocycles. The van der Waals surface area contributed by atoms with Crippen molar-refractivity contribution >= 4 is 0 Å². The Bertz CT molecular complexity index is 533. The molecule has 0 radical (unpaired) electrons. The summed E-state index contributed by atoms with van der Waals surface area (Å²) in [5.41, 5.74) is 1.39. The lowest BCUT2D eigenvalue weighted by Crippen LogP contribution is -2.14. The standard InChI is InChI=1S/C17H22N2O2/c1-2-6-14(7-3-1)8-4-5-9-16-18-19-17(21-16)15-10-12-20-13-11-15/h1-3,6-7,15H,4-5,8-13H2. The summed E-state index contributed by atoms with van der Waals surface area (Å²) in [5.74, 6) is 1.98. The average molecular weight is 286 g/mol. The minimum absolute atomic E-state index is 0.393. The van der Waals surface area contributed by atoms with Crippen LogP contribution in [0.25, 0.3) is 0 Å². The largest absolute Gasteiger partial charge is 0.425 e. The molecule has 1 saturated heterocycles. The molecule has 1 aromatic heterocycles. The Hall–Kier alpha value is -1.68. The van der Waals surface area contributed by atoms with E-state index in [1.54, 1.807) is 0 Å². The van der Waals surface area contributed by atoms with E-state index < -0.39 is 0 Å². The van der Waals surface area contributed by atoms with Gasteiger partial charge in [-0.05, 0) is 37.7 Å². The fraction of sp³-hybridized carbons (Fsp3) is 0.529. The number of unbranched alkanes of at least 4 members (excludes halogenated alkanes) is 1. The van der Waals surface area contributed by atoms with Gasteiger partial charge in [0.05, 0.1) is 0 Å². The summed E-state index contributed by atoms with van der Waals surface area (Å²) >= 11 is 0. The van der Waals surface area contributed by atoms with E-state index >= 15 is 0 Å². The molecule has 4 nitrogen and oxygen atoms in total. The molecule has 1 aromatic carbocycles. The van der Waals surface area contributed by atoms with E-state index in [0.717, 1.165) is 63.5 Å². The summed E-state index contributed by atoms with van der Waals surface area (Å²) in [4.78, 5) is 0. The molecule has 2 aromatic rings. The molecular weight excluding hydrogens is 264 g/mol. The van der Waals surface area contributed by atoms with Gasteiger partial charge in [0, 0.05) is 25.6 Å². The van der Waals surface area contributed by atoms with Crippen molar-refractivity contribution in [2.24, 2.45) is 0 Å². The molecule has 0 saturated carbocycles. The van der Waals surface area contributed by atoms with E-state index in [-0.39, 0.29) is 0 Å². The Kier molecular flexibility index (Phi) is 5.00. The summed E-state index contributed by atoms with van der Waals surface area (Å²) in [6.45, 7) is 1.61. The third-order valence-corrected chi connectivity index (χ3v) is 4.00. The van der Waals surface area contributed by atoms with Crippen molar-refractivity contribution in [1.29, 1.82) is 0 Å². The first-order valence-electron chi connectivity index (χ1n) is 7.86. The average Bonchev–Trinajstić information content (AvgIpc) is 3.02. The van der Waals surface area contributed by atoms with E-state index in [4.69, 9.17) is 9.15 Å². The molecule has 0 bridgehead atoms. The molecule has 0 N–H and O–H groups in total. The summed E-state index contributed by atoms with van der Waals surface area (Å²) in [6, 6.07) is 10.6. The van der Waals surface area contributed by atoms with Crippen LogP contribution in [-0.2, 0) is 17.6 Å². The summed E-state index contributed by atoms with van der Waals surface area (Å²) < 4.78 is 11.2. The highest BCUT2D eigenvalue weighted by Gasteiger charge is 2.21. The normalized spacial score (nSPS) is 16.2. The predicted molar refractivity (Wildman–Crippen MR) is 80.2 cm³/mol. The fourth-order valence-corrected chi connectivity index (χ4v) is 2.73. The van der Waals surface area contributed by atoms with Crippen LogP contribution in [0.2, 0.25) is 0 Å². The van der Waals surface area contributed by atoms with Crippen LogP contribution in [0, 0.1) is 0 Å². The van der Waals surface area contributed by atoms with Gasteiger partial charge in [-0.2, -0.15) is 0 Å². The second kappa shape index (κ2) is 7.36. The zero-order chi connectivity index (χ0) is 14.3. The zero-order valence-electron chi connectivity index (χ0n) is 12.3. The molecule has 0 unspecified atom stereocenters. The van der Waals surface area contributed by atoms with Gasteiger partial charge >= 0.3 is 0 Å². The van der Waals surface area contributed by atoms with Gasteiger partial charge in [0.1, 0.15) is 0 Å². The molecule has 0 atom stereocenters. The third kappa shape index (κ3) is 4.14. The van der Waals surface area contributed by atoms with Crippen molar-refractivity contribution in [2.45, 2.75) is 44.4 Å². The smallest absolute Gasteiger partial charge is 0.219 e. The Labute approximate surface area is 125 Å². The van der Waals surface area contributed by atoms with Gasteiger partial charge in [-0.3, -0.25) is 0 Å². The van der Waals surface area contributed by atoms with Crippen molar-refractivity contribution in [3.05, 3.63) is 47.7 Å². The van der Waals surface area contributed by atoms with E-state index in [0.29, 0.717) is 5.92 Å². The molecule has 0 amide bonds. The molecule has 2 heterocycles. The van der Waals surface area contributed by atoms with Crippen LogP contribution >= 0.6 is 0 Å². The number of rotatable bonds is 6. The van der Waals surface area contributed by atoms with Crippen LogP contribution in [0.3, 0.4) is 0 Å². The zero-order valence-corrected chi connectivity index (χ0v) is 12.3. The van der Waals surface area contributed by atoms with E-state index in [9.17, 15) is 0 Å². The number of hydrogen-bond donors (Lipinski definition) is 0. The van der Waals surface area contributed by atoms with Crippen LogP contribution in [0.5, 0.6) is 0 Å². The van der Waals surface area contributed by atoms with E-state index in [1.165, 1.54) is 5.56 Å². The summed E-state index contributed by atoms with van der Waals surface area (Å²) in [6.07, 6.45) is 6.22. The van der Waals surface area contributed by atoms with Crippen LogP contribution in [-0.4, -0.2) is 23.4 Å². The lowest BCUT2D eigenvalue weighted by atomic mass is 10.0. The molecule has 1 fully saturated rings. The maximum absolute atomic E-state index is 5.80. The third-order valence-electron chi connectivity index (χ3n) is 4.00. The van der Waals surface area contributed by atoms with Gasteiger partial charge in [0.15, 0.2) is 0 Å². The Morgan fingerprint density at radius 3 is 2.52 bits per heavy atom. The van der Waals surface area contributed by atoms with Gasteiger partial charge in [-0.15, -0.1) is 10.2 Å². The predicted octanol–water partition coefficient (Wildman–Crippen LogP) is 3.53. The van der Waals surface area contributed by atoms with Crippen molar-refractivity contribution < 1.29 is 9.15 Å². The molecule has 4 heteroatoms. The van der Waals surface area contributed by atoms with Gasteiger partial charge in [-0.1, -0.05) is 30.3 Å². The van der Waals surface area contributed by atoms with Crippen LogP contribution < -0.4 is 0 Å². The van der Waals surface area contributed by atoms with Crippen molar-refractivity contribution in [3.63, 3.8) is 0 Å². The van der Waals surface area contributed by atoms with E-state index in [1.807, 2.05) is 0 Å². The highest BCUT2D eigenvalue weighted by molar-refractivity contribution is 5.14. The second-order valence-corrected chi connectivity index (χ2v) is 5.61. The molecule has 21 heavy (non-hydrogen) atoms. The second-order valence-electron chi connectivity index (χ2n) is 5.61. The number of aryl methyl sites for hydroxylation is 2. The maximum Gasteiger partial charge on any atom is 0.219 e. The van der Waals surface area contributed by atoms with Crippen molar-refractivity contribution in [3.8, 4) is 0 Å². The van der Waals surface area contributed by atoms with Crippen LogP contribution in [0.4, 0.5) is 0 Å². The van der Waals surface area contributed by atoms with Gasteiger partial charge in [0.2, 0.25) is 11.8 Å². The van der Waals surface area contributed by atoms with Gasteiger partial charge in [0.25, 0.3) is 0 Å². The highest BCUT2D eigenvalue weighted by Crippen LogP contribution is 2.25. The monoisotopic (exact) mass is 286 g/mol. The first kappa shape index (κ1) is 14.3. The molecule has 3 rings (SSSR count). The van der Waals surface area contributed by atoms with Crippen molar-refractivity contribution in [1.82, 2.24) is 10.2 Å². The van der Waals surface area contributed by atoms with Gasteiger partial charge < -0.3 is 9.15 Å². The summed E-state index contributed by atoms with van der Waals surface area (Å²) in [5, 5.41) is 8.38. The van der Waals surface area contributed by atoms with Crippen molar-refractivity contribution in [2.75, 3.05) is 13.2 Å². The maximum atomic E-state index is 5.80. The number of hydrogen-bond acceptors (Lipinski definition) is 4. The quantitative estimate of drug-likeness (QED) is 0.762.